The maximum atomic E-state index is 15.3. The van der Waals surface area contributed by atoms with Gasteiger partial charge in [-0.3, -0.25) is 14.5 Å². The lowest BCUT2D eigenvalue weighted by Gasteiger charge is -2.11. The zero-order valence-corrected chi connectivity index (χ0v) is 23.2. The molecule has 0 bridgehead atoms. The average molecular weight is 640 g/mol. The van der Waals surface area contributed by atoms with Crippen LogP contribution >= 0.6 is 0 Å². The lowest BCUT2D eigenvalue weighted by Crippen LogP contribution is -2.29. The zero-order chi connectivity index (χ0) is 32.4. The van der Waals surface area contributed by atoms with Crippen LogP contribution in [0.25, 0.3) is 33.9 Å². The third kappa shape index (κ3) is 5.27. The van der Waals surface area contributed by atoms with Crippen LogP contribution in [-0.2, 0) is 19.8 Å². The largest absolute Gasteiger partial charge is 0.480 e. The molecule has 5 aromatic rings. The molecule has 0 amide bonds. The van der Waals surface area contributed by atoms with E-state index in [1.807, 2.05) is 0 Å². The Morgan fingerprint density at radius 2 is 1.71 bits per heavy atom. The van der Waals surface area contributed by atoms with Gasteiger partial charge in [0.1, 0.15) is 34.9 Å². The Hall–Kier alpha value is -4.90. The number of benzene rings is 1. The lowest BCUT2D eigenvalue weighted by molar-refractivity contribution is -0.140. The molecule has 0 spiro atoms. The fourth-order valence-corrected chi connectivity index (χ4v) is 5.07. The third-order valence-electron chi connectivity index (χ3n) is 7.26. The van der Waals surface area contributed by atoms with E-state index in [0.717, 1.165) is 47.4 Å². The van der Waals surface area contributed by atoms with Gasteiger partial charge in [-0.1, -0.05) is 0 Å². The van der Waals surface area contributed by atoms with Gasteiger partial charge < -0.3 is 9.30 Å². The van der Waals surface area contributed by atoms with E-state index in [1.165, 1.54) is 13.4 Å². The first-order valence-corrected chi connectivity index (χ1v) is 13.2. The number of aromatic nitrogens is 8. The summed E-state index contributed by atoms with van der Waals surface area (Å²) < 4.78 is 119. The Bertz CT molecular complexity index is 1970. The van der Waals surface area contributed by atoms with Gasteiger partial charge in [-0.05, 0) is 30.5 Å². The van der Waals surface area contributed by atoms with Crippen LogP contribution in [-0.4, -0.2) is 52.2 Å². The quantitative estimate of drug-likeness (QED) is 0.224. The maximum Gasteiger partial charge on any atom is 0.434 e. The Balaban J connectivity index is 1.49. The van der Waals surface area contributed by atoms with Crippen molar-refractivity contribution in [2.75, 3.05) is 7.11 Å². The summed E-state index contributed by atoms with van der Waals surface area (Å²) in [6.45, 7) is -0.574. The average Bonchev–Trinajstić information content (AvgIpc) is 3.70. The number of nitrogens with zero attached hydrogens (tertiary/aromatic N) is 8. The van der Waals surface area contributed by atoms with Crippen LogP contribution in [0.5, 0.6) is 5.88 Å². The molecular weight excluding hydrogens is 618 g/mol. The summed E-state index contributed by atoms with van der Waals surface area (Å²) in [6.07, 6.45) is -6.84. The molecular formula is C27H21F8N9O. The second-order valence-electron chi connectivity index (χ2n) is 10.3. The van der Waals surface area contributed by atoms with E-state index >= 15 is 8.78 Å². The van der Waals surface area contributed by atoms with E-state index in [9.17, 15) is 26.3 Å². The summed E-state index contributed by atoms with van der Waals surface area (Å²) in [5, 5.41) is 8.52. The molecule has 1 aliphatic carbocycles. The number of alkyl halides is 6. The highest BCUT2D eigenvalue weighted by Crippen LogP contribution is 2.45. The number of imidazole rings is 2. The summed E-state index contributed by atoms with van der Waals surface area (Å²) in [4.78, 5) is 20.4. The summed E-state index contributed by atoms with van der Waals surface area (Å²) in [6, 6.07) is 1.58. The van der Waals surface area contributed by atoms with Crippen LogP contribution in [0.15, 0.2) is 30.9 Å². The number of halogens is 8. The highest BCUT2D eigenvalue weighted by Gasteiger charge is 2.36. The van der Waals surface area contributed by atoms with Gasteiger partial charge in [0.25, 0.3) is 6.43 Å². The summed E-state index contributed by atoms with van der Waals surface area (Å²) >= 11 is 0. The second-order valence-corrected chi connectivity index (χ2v) is 10.3. The Kier molecular flexibility index (Phi) is 7.31. The predicted octanol–water partition coefficient (Wildman–Crippen LogP) is 5.53. The van der Waals surface area contributed by atoms with Crippen LogP contribution in [0, 0.1) is 17.0 Å². The van der Waals surface area contributed by atoms with Crippen molar-refractivity contribution in [3.63, 3.8) is 0 Å². The van der Waals surface area contributed by atoms with Gasteiger partial charge in [-0.2, -0.15) is 13.2 Å². The first-order valence-electron chi connectivity index (χ1n) is 13.2. The lowest BCUT2D eigenvalue weighted by atomic mass is 10.1. The number of fused-ring (bicyclic) bond motifs is 1. The Labute approximate surface area is 247 Å². The molecule has 1 saturated carbocycles. The molecule has 236 valence electrons. The molecule has 0 saturated heterocycles. The van der Waals surface area contributed by atoms with Gasteiger partial charge >= 0.3 is 6.18 Å². The fraction of sp³-hybridized carbons (Fsp3) is 0.333. The minimum Gasteiger partial charge on any atom is -0.480 e. The predicted molar refractivity (Wildman–Crippen MR) is 140 cm³/mol. The van der Waals surface area contributed by atoms with E-state index in [4.69, 9.17) is 10.1 Å². The molecule has 0 radical (unpaired) electrons. The summed E-state index contributed by atoms with van der Waals surface area (Å²) in [5.41, 5.74) is -2.88. The van der Waals surface area contributed by atoms with Crippen molar-refractivity contribution in [2.45, 2.75) is 44.2 Å². The van der Waals surface area contributed by atoms with Crippen LogP contribution in [0.4, 0.5) is 35.1 Å². The molecule has 4 aromatic heterocycles. The van der Waals surface area contributed by atoms with E-state index in [-0.39, 0.29) is 34.3 Å². The second kappa shape index (κ2) is 10.9. The number of hydrogen-bond donors (Lipinski definition) is 1. The topological polar surface area (TPSA) is 112 Å². The number of ether oxygens (including phenoxy) is 1. The van der Waals surface area contributed by atoms with Crippen molar-refractivity contribution >= 4 is 11.2 Å². The summed E-state index contributed by atoms with van der Waals surface area (Å²) in [5.74, 6) is -3.05. The van der Waals surface area contributed by atoms with Crippen LogP contribution in [0.1, 0.15) is 42.0 Å². The smallest absolute Gasteiger partial charge is 0.434 e. The van der Waals surface area contributed by atoms with Crippen molar-refractivity contribution in [3.05, 3.63) is 65.1 Å². The van der Waals surface area contributed by atoms with Gasteiger partial charge in [0.15, 0.2) is 17.2 Å². The van der Waals surface area contributed by atoms with E-state index < -0.39 is 59.8 Å². The van der Waals surface area contributed by atoms with Crippen LogP contribution < -0.4 is 10.4 Å². The first kappa shape index (κ1) is 30.1. The van der Waals surface area contributed by atoms with Gasteiger partial charge in [-0.15, -0.1) is 0 Å². The molecule has 1 unspecified atom stereocenters. The van der Waals surface area contributed by atoms with Crippen LogP contribution in [0.2, 0.25) is 0 Å². The fourth-order valence-electron chi connectivity index (χ4n) is 5.07. The highest BCUT2D eigenvalue weighted by atomic mass is 19.4. The SMILES string of the molecule is COc1ncnc(C2CC2)c1-c1ncc2c(n1)n(Cc1cc(F)c(-c3nc(C(F)(F)F)cn3C)c(F)c1)c(=N)n2C(F)C(F)F. The van der Waals surface area contributed by atoms with Gasteiger partial charge in [0.2, 0.25) is 17.8 Å². The molecule has 1 aromatic carbocycles. The number of hydrogen-bond acceptors (Lipinski definition) is 7. The minimum absolute atomic E-state index is 0.0248. The molecule has 4 heterocycles. The van der Waals surface area contributed by atoms with Gasteiger partial charge in [0.05, 0.1) is 31.1 Å². The zero-order valence-electron chi connectivity index (χ0n) is 23.2. The molecule has 1 fully saturated rings. The molecule has 10 nitrogen and oxygen atoms in total. The number of aryl methyl sites for hydroxylation is 1. The molecule has 6 rings (SSSR count). The van der Waals surface area contributed by atoms with Crippen molar-refractivity contribution in [1.82, 2.24) is 38.6 Å². The summed E-state index contributed by atoms with van der Waals surface area (Å²) in [7, 11) is 2.49. The maximum absolute atomic E-state index is 15.3. The molecule has 0 aliphatic heterocycles. The number of nitrogens with one attached hydrogen (secondary N) is 1. The number of methoxy groups -OCH3 is 1. The highest BCUT2D eigenvalue weighted by molar-refractivity contribution is 5.76. The Morgan fingerprint density at radius 1 is 1.02 bits per heavy atom. The normalized spacial score (nSPS) is 14.5. The van der Waals surface area contributed by atoms with Crippen molar-refractivity contribution < 1.29 is 39.9 Å². The van der Waals surface area contributed by atoms with Crippen molar-refractivity contribution in [1.29, 1.82) is 5.41 Å². The molecule has 18 heteroatoms. The van der Waals surface area contributed by atoms with Crippen molar-refractivity contribution in [2.24, 2.45) is 7.05 Å². The molecule has 1 atom stereocenters. The molecule has 1 N–H and O–H groups in total. The standard InChI is InChI=1S/C27H21F8N9O/c1-42-9-16(27(33,34)35)40-24(42)17-13(28)5-11(6-14(17)29)8-43-23-15(44(26(43)36)21(32)20(30)31)7-37-22(41-23)18-19(12-3-4-12)38-10-39-25(18)45-2/h5-7,9-10,12,20-21,36H,3-4,8H2,1-2H3. The minimum atomic E-state index is -4.86. The Morgan fingerprint density at radius 3 is 2.29 bits per heavy atom. The first-order chi connectivity index (χ1) is 21.3. The molecule has 1 aliphatic rings. The third-order valence-corrected chi connectivity index (χ3v) is 7.26. The van der Waals surface area contributed by atoms with Crippen molar-refractivity contribution in [3.8, 4) is 28.7 Å². The van der Waals surface area contributed by atoms with Gasteiger partial charge in [0, 0.05) is 19.2 Å². The molecule has 45 heavy (non-hydrogen) atoms. The van der Waals surface area contributed by atoms with E-state index in [2.05, 4.69) is 24.9 Å². The number of rotatable bonds is 8. The van der Waals surface area contributed by atoms with E-state index in [0.29, 0.717) is 22.0 Å². The van der Waals surface area contributed by atoms with Crippen LogP contribution in [0.3, 0.4) is 0 Å². The van der Waals surface area contributed by atoms with E-state index in [1.54, 1.807) is 0 Å². The monoisotopic (exact) mass is 639 g/mol. The van der Waals surface area contributed by atoms with Gasteiger partial charge in [-0.25, -0.2) is 46.9 Å².